The molecule has 0 saturated heterocycles. The summed E-state index contributed by atoms with van der Waals surface area (Å²) < 4.78 is 26.7. The second kappa shape index (κ2) is 5.07. The van der Waals surface area contributed by atoms with Crippen LogP contribution in [0.25, 0.3) is 0 Å². The quantitative estimate of drug-likeness (QED) is 0.852. The lowest BCUT2D eigenvalue weighted by Crippen LogP contribution is -2.14. The van der Waals surface area contributed by atoms with Crippen LogP contribution in [-0.4, -0.2) is 13.4 Å². The highest BCUT2D eigenvalue weighted by atomic mass is 35.5. The van der Waals surface area contributed by atoms with Crippen LogP contribution in [0.4, 0.5) is 11.5 Å². The molecular formula is C12H12ClN3O2S. The fourth-order valence-electron chi connectivity index (χ4n) is 1.56. The van der Waals surface area contributed by atoms with Crippen LogP contribution in [0.2, 0.25) is 5.02 Å². The smallest absolute Gasteiger partial charge is 0.263 e. The fraction of sp³-hybridized carbons (Fsp3) is 0.0833. The molecule has 7 heteroatoms. The molecule has 2 aromatic rings. The number of halogens is 1. The Kier molecular flexibility index (Phi) is 3.64. The Labute approximate surface area is 116 Å². The van der Waals surface area contributed by atoms with Gasteiger partial charge in [0.05, 0.1) is 9.92 Å². The van der Waals surface area contributed by atoms with E-state index in [0.717, 1.165) is 5.56 Å². The zero-order chi connectivity index (χ0) is 14.0. The summed E-state index contributed by atoms with van der Waals surface area (Å²) in [6.45, 7) is 1.77. The molecule has 3 N–H and O–H groups in total. The van der Waals surface area contributed by atoms with E-state index in [9.17, 15) is 8.42 Å². The summed E-state index contributed by atoms with van der Waals surface area (Å²) in [4.78, 5) is 3.98. The Balaban J connectivity index is 2.34. The van der Waals surface area contributed by atoms with Crippen molar-refractivity contribution >= 4 is 33.1 Å². The molecule has 0 saturated carbocycles. The van der Waals surface area contributed by atoms with E-state index in [1.165, 1.54) is 24.4 Å². The van der Waals surface area contributed by atoms with Gasteiger partial charge >= 0.3 is 0 Å². The number of aromatic nitrogens is 1. The van der Waals surface area contributed by atoms with Gasteiger partial charge in [-0.3, -0.25) is 4.72 Å². The first-order valence-corrected chi connectivity index (χ1v) is 7.24. The molecule has 0 amide bonds. The number of aryl methyl sites for hydroxylation is 1. The van der Waals surface area contributed by atoms with Gasteiger partial charge in [-0.15, -0.1) is 0 Å². The van der Waals surface area contributed by atoms with Crippen molar-refractivity contribution in [1.29, 1.82) is 0 Å². The topological polar surface area (TPSA) is 85.1 Å². The molecule has 0 aliphatic carbocycles. The molecule has 0 atom stereocenters. The van der Waals surface area contributed by atoms with Crippen molar-refractivity contribution in [3.8, 4) is 0 Å². The van der Waals surface area contributed by atoms with Gasteiger partial charge in [0.2, 0.25) is 0 Å². The van der Waals surface area contributed by atoms with Crippen LogP contribution in [0.1, 0.15) is 5.56 Å². The van der Waals surface area contributed by atoms with Gasteiger partial charge in [0.25, 0.3) is 10.0 Å². The molecular weight excluding hydrogens is 286 g/mol. The molecule has 1 aromatic carbocycles. The third-order valence-corrected chi connectivity index (χ3v) is 3.91. The van der Waals surface area contributed by atoms with Crippen molar-refractivity contribution in [3.63, 3.8) is 0 Å². The molecule has 0 unspecified atom stereocenters. The lowest BCUT2D eigenvalue weighted by atomic mass is 10.2. The Morgan fingerprint density at radius 1 is 1.26 bits per heavy atom. The number of nitrogens with zero attached hydrogens (tertiary/aromatic N) is 1. The average molecular weight is 298 g/mol. The van der Waals surface area contributed by atoms with Crippen molar-refractivity contribution < 1.29 is 8.42 Å². The normalized spacial score (nSPS) is 11.3. The maximum Gasteiger partial charge on any atom is 0.263 e. The van der Waals surface area contributed by atoms with Gasteiger partial charge in [0.1, 0.15) is 5.82 Å². The second-order valence-electron chi connectivity index (χ2n) is 4.05. The molecule has 0 radical (unpaired) electrons. The van der Waals surface area contributed by atoms with Crippen LogP contribution in [0.15, 0.2) is 41.4 Å². The monoisotopic (exact) mass is 297 g/mol. The highest BCUT2D eigenvalue weighted by molar-refractivity contribution is 7.92. The molecule has 5 nitrogen and oxygen atoms in total. The van der Waals surface area contributed by atoms with Gasteiger partial charge < -0.3 is 5.73 Å². The van der Waals surface area contributed by atoms with E-state index in [1.807, 2.05) is 0 Å². The van der Waals surface area contributed by atoms with Crippen LogP contribution in [0.3, 0.4) is 0 Å². The van der Waals surface area contributed by atoms with E-state index in [1.54, 1.807) is 19.1 Å². The van der Waals surface area contributed by atoms with E-state index in [2.05, 4.69) is 9.71 Å². The van der Waals surface area contributed by atoms with Crippen LogP contribution in [0, 0.1) is 6.92 Å². The lowest BCUT2D eigenvalue weighted by molar-refractivity contribution is 0.601. The van der Waals surface area contributed by atoms with E-state index in [-0.39, 0.29) is 10.7 Å². The molecule has 1 aromatic heterocycles. The number of pyridine rings is 1. The third kappa shape index (κ3) is 3.36. The van der Waals surface area contributed by atoms with Gasteiger partial charge in [-0.05, 0) is 42.8 Å². The van der Waals surface area contributed by atoms with Crippen LogP contribution < -0.4 is 10.5 Å². The minimum absolute atomic E-state index is 0.0988. The first kappa shape index (κ1) is 13.6. The largest absolute Gasteiger partial charge is 0.399 e. The van der Waals surface area contributed by atoms with E-state index in [4.69, 9.17) is 17.3 Å². The van der Waals surface area contributed by atoms with Gasteiger partial charge in [-0.2, -0.15) is 0 Å². The molecule has 0 aliphatic heterocycles. The number of benzene rings is 1. The first-order chi connectivity index (χ1) is 8.87. The molecule has 100 valence electrons. The Morgan fingerprint density at radius 3 is 2.58 bits per heavy atom. The minimum atomic E-state index is -3.71. The van der Waals surface area contributed by atoms with Gasteiger partial charge in [0, 0.05) is 11.9 Å². The number of nitrogens with two attached hydrogens (primary N) is 1. The summed E-state index contributed by atoms with van der Waals surface area (Å²) in [5, 5.41) is 0.433. The van der Waals surface area contributed by atoms with Crippen molar-refractivity contribution in [2.24, 2.45) is 0 Å². The van der Waals surface area contributed by atoms with Crippen molar-refractivity contribution in [2.45, 2.75) is 11.8 Å². The van der Waals surface area contributed by atoms with Crippen molar-refractivity contribution in [3.05, 3.63) is 47.1 Å². The van der Waals surface area contributed by atoms with Crippen LogP contribution in [0.5, 0.6) is 0 Å². The van der Waals surface area contributed by atoms with E-state index >= 15 is 0 Å². The first-order valence-electron chi connectivity index (χ1n) is 5.38. The highest BCUT2D eigenvalue weighted by Crippen LogP contribution is 2.19. The van der Waals surface area contributed by atoms with Crippen molar-refractivity contribution in [1.82, 2.24) is 4.98 Å². The highest BCUT2D eigenvalue weighted by Gasteiger charge is 2.15. The predicted octanol–water partition coefficient (Wildman–Crippen LogP) is 2.43. The molecule has 0 bridgehead atoms. The summed E-state index contributed by atoms with van der Waals surface area (Å²) in [7, 11) is -3.71. The molecule has 0 aliphatic rings. The molecule has 0 spiro atoms. The Bertz CT molecular complexity index is 679. The molecule has 2 rings (SSSR count). The third-order valence-electron chi connectivity index (χ3n) is 2.35. The Hall–Kier alpha value is -1.79. The van der Waals surface area contributed by atoms with Crippen molar-refractivity contribution in [2.75, 3.05) is 10.5 Å². The number of rotatable bonds is 3. The maximum atomic E-state index is 12.2. The summed E-state index contributed by atoms with van der Waals surface area (Å²) in [5.74, 6) is 0.199. The fourth-order valence-corrected chi connectivity index (χ4v) is 2.82. The standard InChI is InChI=1S/C12H12ClN3O2S/c1-8-4-10(14)6-11(5-8)19(17,18)16-12-3-2-9(13)7-15-12/h2-7H,14H2,1H3,(H,15,16). The van der Waals surface area contributed by atoms with Crippen LogP contribution in [-0.2, 0) is 10.0 Å². The Morgan fingerprint density at radius 2 is 2.00 bits per heavy atom. The van der Waals surface area contributed by atoms with E-state index < -0.39 is 10.0 Å². The average Bonchev–Trinajstić information content (AvgIpc) is 2.31. The summed E-state index contributed by atoms with van der Waals surface area (Å²) in [5.41, 5.74) is 6.81. The molecule has 1 heterocycles. The van der Waals surface area contributed by atoms with Crippen LogP contribution >= 0.6 is 11.6 Å². The summed E-state index contributed by atoms with van der Waals surface area (Å²) >= 11 is 5.69. The summed E-state index contributed by atoms with van der Waals surface area (Å²) in [6.07, 6.45) is 1.37. The SMILES string of the molecule is Cc1cc(N)cc(S(=O)(=O)Nc2ccc(Cl)cn2)c1. The molecule has 19 heavy (non-hydrogen) atoms. The predicted molar refractivity (Wildman–Crippen MR) is 75.6 cm³/mol. The number of hydrogen-bond donors (Lipinski definition) is 2. The van der Waals surface area contributed by atoms with Gasteiger partial charge in [-0.1, -0.05) is 11.6 Å². The summed E-state index contributed by atoms with van der Waals surface area (Å²) in [6, 6.07) is 7.66. The zero-order valence-corrected chi connectivity index (χ0v) is 11.7. The molecule has 0 fully saturated rings. The zero-order valence-electron chi connectivity index (χ0n) is 10.1. The minimum Gasteiger partial charge on any atom is -0.399 e. The van der Waals surface area contributed by atoms with Gasteiger partial charge in [0.15, 0.2) is 0 Å². The number of anilines is 2. The maximum absolute atomic E-state index is 12.2. The van der Waals surface area contributed by atoms with E-state index in [0.29, 0.717) is 10.7 Å². The number of nitrogens with one attached hydrogen (secondary N) is 1. The van der Waals surface area contributed by atoms with Gasteiger partial charge in [-0.25, -0.2) is 13.4 Å². The number of nitrogen functional groups attached to an aromatic ring is 1. The number of hydrogen-bond acceptors (Lipinski definition) is 4. The lowest BCUT2D eigenvalue weighted by Gasteiger charge is -2.08. The second-order valence-corrected chi connectivity index (χ2v) is 6.17. The number of sulfonamides is 1.